The Morgan fingerprint density at radius 1 is 0.852 bits per heavy atom. The highest BCUT2D eigenvalue weighted by Gasteiger charge is 2.15. The molecule has 7 heteroatoms. The van der Waals surface area contributed by atoms with Gasteiger partial charge in [0.1, 0.15) is 23.2 Å². The molecule has 1 aromatic heterocycles. The number of aromatic nitrogens is 1. The maximum Gasteiger partial charge on any atom is 0.167 e. The number of H-pyrrole nitrogens is 1. The summed E-state index contributed by atoms with van der Waals surface area (Å²) in [7, 11) is -3.83. The maximum atomic E-state index is 12.6. The number of nitrogens with zero attached hydrogens (tertiary/aromatic N) is 1. The zero-order valence-electron chi connectivity index (χ0n) is 14.5. The Kier molecular flexibility index (Phi) is 4.68. The Morgan fingerprint density at radius 2 is 1.52 bits per heavy atom. The molecule has 0 atom stereocenters. The van der Waals surface area contributed by atoms with E-state index >= 15 is 0 Å². The van der Waals surface area contributed by atoms with Crippen LogP contribution in [0.25, 0.3) is 4.72 Å². The SMILES string of the molecule is O=S(=O)([N-]c1ccc(Cc2cc[nH+]cc2)cc1)c1ccc2c(c1)OCCO2. The van der Waals surface area contributed by atoms with Crippen LogP contribution in [0.1, 0.15) is 11.1 Å². The fraction of sp³-hybridized carbons (Fsp3) is 0.150. The van der Waals surface area contributed by atoms with Crippen LogP contribution in [0, 0.1) is 0 Å². The van der Waals surface area contributed by atoms with Gasteiger partial charge in [0, 0.05) is 18.2 Å². The molecule has 4 rings (SSSR count). The molecule has 27 heavy (non-hydrogen) atoms. The van der Waals surface area contributed by atoms with Gasteiger partial charge in [0.2, 0.25) is 0 Å². The highest BCUT2D eigenvalue weighted by molar-refractivity contribution is 7.94. The van der Waals surface area contributed by atoms with E-state index in [1.54, 1.807) is 18.2 Å². The minimum Gasteiger partial charge on any atom is -0.573 e. The van der Waals surface area contributed by atoms with E-state index in [1.165, 1.54) is 17.7 Å². The van der Waals surface area contributed by atoms with Crippen molar-refractivity contribution >= 4 is 15.7 Å². The number of hydrogen-bond acceptors (Lipinski definition) is 4. The normalized spacial score (nSPS) is 13.2. The summed E-state index contributed by atoms with van der Waals surface area (Å²) >= 11 is 0. The molecule has 2 heterocycles. The fourth-order valence-corrected chi connectivity index (χ4v) is 3.83. The van der Waals surface area contributed by atoms with Crippen LogP contribution >= 0.6 is 0 Å². The second-order valence-electron chi connectivity index (χ2n) is 6.12. The van der Waals surface area contributed by atoms with Crippen LogP contribution < -0.4 is 14.5 Å². The van der Waals surface area contributed by atoms with Gasteiger partial charge in [-0.25, -0.2) is 13.4 Å². The largest absolute Gasteiger partial charge is 0.573 e. The number of rotatable bonds is 5. The van der Waals surface area contributed by atoms with E-state index in [0.29, 0.717) is 30.4 Å². The van der Waals surface area contributed by atoms with Crippen molar-refractivity contribution in [2.45, 2.75) is 11.3 Å². The van der Waals surface area contributed by atoms with Crippen molar-refractivity contribution < 1.29 is 22.9 Å². The Morgan fingerprint density at radius 3 is 2.26 bits per heavy atom. The molecule has 0 amide bonds. The maximum absolute atomic E-state index is 12.6. The third kappa shape index (κ3) is 4.03. The highest BCUT2D eigenvalue weighted by Crippen LogP contribution is 2.35. The topological polar surface area (TPSA) is 80.8 Å². The summed E-state index contributed by atoms with van der Waals surface area (Å²) in [6, 6.07) is 15.7. The molecule has 0 aliphatic carbocycles. The van der Waals surface area contributed by atoms with Crippen LogP contribution in [0.5, 0.6) is 11.5 Å². The predicted molar refractivity (Wildman–Crippen MR) is 99.9 cm³/mol. The van der Waals surface area contributed by atoms with Crippen molar-refractivity contribution in [3.63, 3.8) is 0 Å². The number of benzene rings is 2. The van der Waals surface area contributed by atoms with Crippen LogP contribution in [-0.4, -0.2) is 21.6 Å². The Hall–Kier alpha value is -3.06. The van der Waals surface area contributed by atoms with Crippen LogP contribution in [0.2, 0.25) is 0 Å². The average Bonchev–Trinajstić information content (AvgIpc) is 2.70. The molecule has 1 aliphatic rings. The molecule has 0 fully saturated rings. The number of ether oxygens (including phenoxy) is 2. The molecule has 1 N–H and O–H groups in total. The number of nitrogens with one attached hydrogen (secondary N) is 1. The summed E-state index contributed by atoms with van der Waals surface area (Å²) in [5.74, 6) is 0.969. The molecule has 0 saturated heterocycles. The van der Waals surface area contributed by atoms with Gasteiger partial charge in [0.25, 0.3) is 0 Å². The van der Waals surface area contributed by atoms with Crippen molar-refractivity contribution in [1.29, 1.82) is 0 Å². The second-order valence-corrected chi connectivity index (χ2v) is 7.73. The molecule has 0 saturated carbocycles. The van der Waals surface area contributed by atoms with E-state index in [2.05, 4.69) is 9.71 Å². The van der Waals surface area contributed by atoms with Gasteiger partial charge in [-0.15, -0.1) is 5.69 Å². The quantitative estimate of drug-likeness (QED) is 0.678. The fourth-order valence-electron chi connectivity index (χ4n) is 2.83. The zero-order valence-corrected chi connectivity index (χ0v) is 15.3. The van der Waals surface area contributed by atoms with Crippen molar-refractivity contribution in [3.8, 4) is 11.5 Å². The van der Waals surface area contributed by atoms with E-state index in [0.717, 1.165) is 12.0 Å². The average molecular weight is 382 g/mol. The van der Waals surface area contributed by atoms with Gasteiger partial charge in [-0.3, -0.25) is 0 Å². The van der Waals surface area contributed by atoms with Crippen molar-refractivity contribution in [3.05, 3.63) is 82.8 Å². The number of fused-ring (bicyclic) bond motifs is 1. The van der Waals surface area contributed by atoms with Gasteiger partial charge in [0.05, 0.1) is 4.90 Å². The van der Waals surface area contributed by atoms with Gasteiger partial charge in [0.15, 0.2) is 23.9 Å². The third-order valence-corrected chi connectivity index (χ3v) is 5.47. The lowest BCUT2D eigenvalue weighted by molar-refractivity contribution is -0.378. The standard InChI is InChI=1S/C20H17N2O4S/c23-27(24,18-5-6-19-20(14-18)26-12-11-25-19)22-17-3-1-15(2-4-17)13-16-7-9-21-10-8-16/h1-10,14H,11-13H2/q-1/p+1. The lowest BCUT2D eigenvalue weighted by Crippen LogP contribution is -2.15. The summed E-state index contributed by atoms with van der Waals surface area (Å²) in [5.41, 5.74) is 2.63. The minimum atomic E-state index is -3.83. The lowest BCUT2D eigenvalue weighted by Gasteiger charge is -2.24. The Bertz CT molecular complexity index is 1040. The Labute approximate surface area is 157 Å². The molecule has 0 unspecified atom stereocenters. The third-order valence-electron chi connectivity index (χ3n) is 4.17. The number of aromatic amines is 1. The number of hydrogen-bond donors (Lipinski definition) is 0. The first-order valence-electron chi connectivity index (χ1n) is 8.52. The van der Waals surface area contributed by atoms with E-state index < -0.39 is 10.0 Å². The summed E-state index contributed by atoms with van der Waals surface area (Å²) in [5, 5.41) is 0. The summed E-state index contributed by atoms with van der Waals surface area (Å²) in [4.78, 5) is 3.07. The van der Waals surface area contributed by atoms with Crippen molar-refractivity contribution in [1.82, 2.24) is 0 Å². The van der Waals surface area contributed by atoms with Gasteiger partial charge in [-0.2, -0.15) is 0 Å². The van der Waals surface area contributed by atoms with Crippen molar-refractivity contribution in [2.75, 3.05) is 13.2 Å². The molecule has 1 aliphatic heterocycles. The van der Waals surface area contributed by atoms with E-state index in [9.17, 15) is 8.42 Å². The van der Waals surface area contributed by atoms with Gasteiger partial charge in [-0.05, 0) is 29.7 Å². The summed E-state index contributed by atoms with van der Waals surface area (Å²) in [6.07, 6.45) is 4.52. The molecule has 0 radical (unpaired) electrons. The monoisotopic (exact) mass is 382 g/mol. The lowest BCUT2D eigenvalue weighted by atomic mass is 10.1. The first-order valence-corrected chi connectivity index (χ1v) is 9.96. The van der Waals surface area contributed by atoms with Crippen LogP contribution in [-0.2, 0) is 16.4 Å². The smallest absolute Gasteiger partial charge is 0.167 e. The van der Waals surface area contributed by atoms with Gasteiger partial charge < -0.3 is 14.2 Å². The Balaban J connectivity index is 1.49. The summed E-state index contributed by atoms with van der Waals surface area (Å²) in [6.45, 7) is 0.853. The van der Waals surface area contributed by atoms with Crippen LogP contribution in [0.15, 0.2) is 71.9 Å². The second kappa shape index (κ2) is 7.28. The molecule has 3 aromatic rings. The molecule has 0 bridgehead atoms. The number of sulfonamides is 1. The molecular weight excluding hydrogens is 364 g/mol. The molecule has 6 nitrogen and oxygen atoms in total. The van der Waals surface area contributed by atoms with E-state index in [-0.39, 0.29) is 4.90 Å². The van der Waals surface area contributed by atoms with Crippen molar-refractivity contribution in [2.24, 2.45) is 0 Å². The first-order chi connectivity index (χ1) is 13.1. The zero-order chi connectivity index (χ0) is 18.7. The predicted octanol–water partition coefficient (Wildman–Crippen LogP) is 3.26. The summed E-state index contributed by atoms with van der Waals surface area (Å²) < 4.78 is 40.0. The van der Waals surface area contributed by atoms with Gasteiger partial charge >= 0.3 is 0 Å². The highest BCUT2D eigenvalue weighted by atomic mass is 32.2. The van der Waals surface area contributed by atoms with Crippen LogP contribution in [0.4, 0.5) is 5.69 Å². The molecular formula is C20H18N2O4S. The van der Waals surface area contributed by atoms with E-state index in [4.69, 9.17) is 9.47 Å². The minimum absolute atomic E-state index is 0.0800. The van der Waals surface area contributed by atoms with Gasteiger partial charge in [-0.1, -0.05) is 24.3 Å². The molecule has 0 spiro atoms. The molecule has 138 valence electrons. The van der Waals surface area contributed by atoms with E-state index in [1.807, 2.05) is 36.7 Å². The van der Waals surface area contributed by atoms with Crippen LogP contribution in [0.3, 0.4) is 0 Å². The number of pyridine rings is 1. The first kappa shape index (κ1) is 17.4. The molecule has 2 aromatic carbocycles.